The third-order valence-electron chi connectivity index (χ3n) is 3.12. The quantitative estimate of drug-likeness (QED) is 0.825. The van der Waals surface area contributed by atoms with Gasteiger partial charge in [0.1, 0.15) is 0 Å². The highest BCUT2D eigenvalue weighted by molar-refractivity contribution is 7.10. The first kappa shape index (κ1) is 11.2. The van der Waals surface area contributed by atoms with E-state index in [1.807, 2.05) is 11.3 Å². The van der Waals surface area contributed by atoms with E-state index in [9.17, 15) is 0 Å². The Bertz CT molecular complexity index is 303. The van der Waals surface area contributed by atoms with Crippen molar-refractivity contribution in [3.8, 4) is 0 Å². The molecular formula is C13H21NS. The van der Waals surface area contributed by atoms with E-state index in [-0.39, 0.29) is 0 Å². The van der Waals surface area contributed by atoms with Gasteiger partial charge in [0.05, 0.1) is 0 Å². The van der Waals surface area contributed by atoms with Crippen LogP contribution in [0.4, 0.5) is 0 Å². The van der Waals surface area contributed by atoms with Crippen molar-refractivity contribution < 1.29 is 0 Å². The van der Waals surface area contributed by atoms with E-state index in [0.29, 0.717) is 0 Å². The molecule has 2 rings (SSSR count). The fourth-order valence-corrected chi connectivity index (χ4v) is 3.35. The van der Waals surface area contributed by atoms with Crippen LogP contribution in [0, 0.1) is 5.92 Å². The van der Waals surface area contributed by atoms with Gasteiger partial charge >= 0.3 is 0 Å². The number of aryl methyl sites for hydroxylation is 1. The van der Waals surface area contributed by atoms with Crippen LogP contribution >= 0.6 is 11.3 Å². The first-order valence-electron chi connectivity index (χ1n) is 6.04. The number of rotatable bonds is 4. The smallest absolute Gasteiger partial charge is 0.00805 e. The maximum Gasteiger partial charge on any atom is 0.00805 e. The van der Waals surface area contributed by atoms with Crippen molar-refractivity contribution in [2.45, 2.75) is 39.0 Å². The Morgan fingerprint density at radius 3 is 3.20 bits per heavy atom. The molecule has 15 heavy (non-hydrogen) atoms. The van der Waals surface area contributed by atoms with E-state index in [1.165, 1.54) is 25.8 Å². The number of thiophene rings is 1. The van der Waals surface area contributed by atoms with Gasteiger partial charge in [0.25, 0.3) is 0 Å². The third kappa shape index (κ3) is 2.82. The van der Waals surface area contributed by atoms with Crippen molar-refractivity contribution >= 4 is 11.3 Å². The molecule has 1 heterocycles. The van der Waals surface area contributed by atoms with Crippen molar-refractivity contribution in [2.75, 3.05) is 13.1 Å². The summed E-state index contributed by atoms with van der Waals surface area (Å²) < 4.78 is 0. The highest BCUT2D eigenvalue weighted by atomic mass is 32.1. The fourth-order valence-electron chi connectivity index (χ4n) is 2.34. The normalized spacial score (nSPS) is 20.6. The van der Waals surface area contributed by atoms with Crippen LogP contribution < -0.4 is 5.32 Å². The van der Waals surface area contributed by atoms with Gasteiger partial charge in [-0.1, -0.05) is 13.8 Å². The highest BCUT2D eigenvalue weighted by Gasteiger charge is 2.20. The van der Waals surface area contributed by atoms with Gasteiger partial charge in [-0.3, -0.25) is 0 Å². The average molecular weight is 223 g/mol. The van der Waals surface area contributed by atoms with Crippen LogP contribution in [0.5, 0.6) is 0 Å². The van der Waals surface area contributed by atoms with Gasteiger partial charge in [0.15, 0.2) is 0 Å². The topological polar surface area (TPSA) is 12.0 Å². The van der Waals surface area contributed by atoms with Gasteiger partial charge in [-0.15, -0.1) is 11.3 Å². The van der Waals surface area contributed by atoms with Crippen LogP contribution in [-0.4, -0.2) is 13.1 Å². The second-order valence-corrected chi connectivity index (χ2v) is 5.94. The first-order valence-corrected chi connectivity index (χ1v) is 6.92. The molecule has 0 bridgehead atoms. The van der Waals surface area contributed by atoms with Gasteiger partial charge < -0.3 is 5.32 Å². The second kappa shape index (κ2) is 5.13. The second-order valence-electron chi connectivity index (χ2n) is 4.94. The molecule has 0 aromatic carbocycles. The van der Waals surface area contributed by atoms with Gasteiger partial charge in [0.2, 0.25) is 0 Å². The van der Waals surface area contributed by atoms with Crippen LogP contribution in [0.2, 0.25) is 0 Å². The molecule has 2 heteroatoms. The molecule has 1 aromatic heterocycles. The first-order chi connectivity index (χ1) is 7.27. The van der Waals surface area contributed by atoms with Crippen molar-refractivity contribution in [3.05, 3.63) is 21.9 Å². The van der Waals surface area contributed by atoms with Gasteiger partial charge in [-0.05, 0) is 54.7 Å². The molecule has 0 saturated carbocycles. The van der Waals surface area contributed by atoms with Crippen LogP contribution in [0.3, 0.4) is 0 Å². The molecule has 1 aliphatic rings. The Balaban J connectivity index is 1.89. The zero-order valence-electron chi connectivity index (χ0n) is 9.75. The molecule has 1 aromatic rings. The number of hydrogen-bond donors (Lipinski definition) is 1. The summed E-state index contributed by atoms with van der Waals surface area (Å²) in [6, 6.07) is 2.33. The molecule has 1 N–H and O–H groups in total. The zero-order valence-corrected chi connectivity index (χ0v) is 10.6. The lowest BCUT2D eigenvalue weighted by Gasteiger charge is -2.23. The lowest BCUT2D eigenvalue weighted by Crippen LogP contribution is -2.26. The highest BCUT2D eigenvalue weighted by Crippen LogP contribution is 2.34. The fraction of sp³-hybridized carbons (Fsp3) is 0.692. The molecule has 1 atom stereocenters. The molecule has 0 radical (unpaired) electrons. The summed E-state index contributed by atoms with van der Waals surface area (Å²) in [4.78, 5) is 1.64. The largest absolute Gasteiger partial charge is 0.316 e. The monoisotopic (exact) mass is 223 g/mol. The molecule has 1 nitrogen and oxygen atoms in total. The minimum atomic E-state index is 0.760. The summed E-state index contributed by atoms with van der Waals surface area (Å²) in [5, 5.41) is 5.85. The van der Waals surface area contributed by atoms with Crippen molar-refractivity contribution in [1.82, 2.24) is 5.32 Å². The Morgan fingerprint density at radius 1 is 1.53 bits per heavy atom. The Labute approximate surface area is 96.9 Å². The Hall–Kier alpha value is -0.340. The summed E-state index contributed by atoms with van der Waals surface area (Å²) in [6.07, 6.45) is 4.06. The molecule has 0 spiro atoms. The lowest BCUT2D eigenvalue weighted by atomic mass is 9.88. The predicted molar refractivity (Wildman–Crippen MR) is 67.7 cm³/mol. The van der Waals surface area contributed by atoms with Gasteiger partial charge in [-0.2, -0.15) is 0 Å². The minimum Gasteiger partial charge on any atom is -0.316 e. The zero-order chi connectivity index (χ0) is 10.7. The molecule has 0 fully saturated rings. The number of fused-ring (bicyclic) bond motifs is 1. The molecule has 1 aliphatic carbocycles. The van der Waals surface area contributed by atoms with E-state index in [4.69, 9.17) is 0 Å². The molecule has 84 valence electrons. The molecular weight excluding hydrogens is 202 g/mol. The lowest BCUT2D eigenvalue weighted by molar-refractivity contribution is 0.479. The maximum atomic E-state index is 3.59. The standard InChI is InChI=1S/C13H21NS/c1-10(2)8-14-9-11-4-3-5-13-12(11)6-7-15-13/h6-7,10-11,14H,3-5,8-9H2,1-2H3. The molecule has 0 saturated heterocycles. The van der Waals surface area contributed by atoms with E-state index < -0.39 is 0 Å². The number of hydrogen-bond acceptors (Lipinski definition) is 2. The van der Waals surface area contributed by atoms with Crippen molar-refractivity contribution in [3.63, 3.8) is 0 Å². The molecule has 1 unspecified atom stereocenters. The Morgan fingerprint density at radius 2 is 2.40 bits per heavy atom. The van der Waals surface area contributed by atoms with Crippen LogP contribution in [0.15, 0.2) is 11.4 Å². The predicted octanol–water partition coefficient (Wildman–Crippen LogP) is 3.41. The third-order valence-corrected chi connectivity index (χ3v) is 4.12. The summed E-state index contributed by atoms with van der Waals surface area (Å²) in [5.74, 6) is 1.54. The molecule has 0 aliphatic heterocycles. The summed E-state index contributed by atoms with van der Waals surface area (Å²) in [5.41, 5.74) is 1.63. The SMILES string of the molecule is CC(C)CNCC1CCCc2sccc21. The van der Waals surface area contributed by atoms with Gasteiger partial charge in [-0.25, -0.2) is 0 Å². The van der Waals surface area contributed by atoms with E-state index in [1.54, 1.807) is 10.4 Å². The van der Waals surface area contributed by atoms with E-state index >= 15 is 0 Å². The minimum absolute atomic E-state index is 0.760. The summed E-state index contributed by atoms with van der Waals surface area (Å²) in [6.45, 7) is 6.85. The summed E-state index contributed by atoms with van der Waals surface area (Å²) >= 11 is 1.94. The van der Waals surface area contributed by atoms with E-state index in [0.717, 1.165) is 18.4 Å². The number of nitrogens with one attached hydrogen (secondary N) is 1. The average Bonchev–Trinajstić information content (AvgIpc) is 2.65. The van der Waals surface area contributed by atoms with Gasteiger partial charge in [0, 0.05) is 11.4 Å². The van der Waals surface area contributed by atoms with Crippen molar-refractivity contribution in [1.29, 1.82) is 0 Å². The maximum absolute atomic E-state index is 3.59. The van der Waals surface area contributed by atoms with Crippen LogP contribution in [-0.2, 0) is 6.42 Å². The van der Waals surface area contributed by atoms with Crippen LogP contribution in [0.25, 0.3) is 0 Å². The van der Waals surface area contributed by atoms with Crippen LogP contribution in [0.1, 0.15) is 43.0 Å². The Kier molecular flexibility index (Phi) is 3.81. The van der Waals surface area contributed by atoms with E-state index in [2.05, 4.69) is 30.6 Å². The van der Waals surface area contributed by atoms with Crippen molar-refractivity contribution in [2.24, 2.45) is 5.92 Å². The molecule has 0 amide bonds. The summed E-state index contributed by atoms with van der Waals surface area (Å²) in [7, 11) is 0.